The molecule has 0 aromatic carbocycles. The average molecular weight is 206 g/mol. The van der Waals surface area contributed by atoms with Crippen molar-refractivity contribution in [1.29, 1.82) is 0 Å². The number of furan rings is 1. The monoisotopic (exact) mass is 206 g/mol. The van der Waals surface area contributed by atoms with Crippen LogP contribution < -0.4 is 0 Å². The molecule has 0 atom stereocenters. The lowest BCUT2D eigenvalue weighted by atomic mass is 10.2. The van der Waals surface area contributed by atoms with Crippen LogP contribution in [-0.4, -0.2) is 23.0 Å². The van der Waals surface area contributed by atoms with E-state index < -0.39 is 5.97 Å². The SMILES string of the molecule is COC(=O)c1cc(-c2cnc[nH]2)oc1C. The van der Waals surface area contributed by atoms with Crippen molar-refractivity contribution in [2.45, 2.75) is 6.92 Å². The lowest BCUT2D eigenvalue weighted by Gasteiger charge is -1.93. The zero-order valence-electron chi connectivity index (χ0n) is 8.40. The molecule has 5 heteroatoms. The van der Waals surface area contributed by atoms with Crippen LogP contribution in [0.1, 0.15) is 16.1 Å². The van der Waals surface area contributed by atoms with Gasteiger partial charge in [0.25, 0.3) is 0 Å². The van der Waals surface area contributed by atoms with E-state index in [-0.39, 0.29) is 0 Å². The zero-order chi connectivity index (χ0) is 10.8. The minimum absolute atomic E-state index is 0.401. The molecule has 0 unspecified atom stereocenters. The number of aromatic nitrogens is 2. The van der Waals surface area contributed by atoms with Gasteiger partial charge in [-0.1, -0.05) is 0 Å². The van der Waals surface area contributed by atoms with E-state index in [1.165, 1.54) is 7.11 Å². The summed E-state index contributed by atoms with van der Waals surface area (Å²) in [6, 6.07) is 1.63. The van der Waals surface area contributed by atoms with E-state index in [9.17, 15) is 4.79 Å². The van der Waals surface area contributed by atoms with Crippen LogP contribution in [0.25, 0.3) is 11.5 Å². The summed E-state index contributed by atoms with van der Waals surface area (Å²) in [5.41, 5.74) is 1.16. The van der Waals surface area contributed by atoms with Crippen molar-refractivity contribution >= 4 is 5.97 Å². The van der Waals surface area contributed by atoms with E-state index in [1.54, 1.807) is 25.5 Å². The van der Waals surface area contributed by atoms with Crippen LogP contribution in [0.15, 0.2) is 23.0 Å². The lowest BCUT2D eigenvalue weighted by molar-refractivity contribution is 0.0599. The van der Waals surface area contributed by atoms with Crippen LogP contribution in [0.3, 0.4) is 0 Å². The highest BCUT2D eigenvalue weighted by Gasteiger charge is 2.16. The van der Waals surface area contributed by atoms with Gasteiger partial charge in [-0.25, -0.2) is 9.78 Å². The minimum Gasteiger partial charge on any atom is -0.465 e. The van der Waals surface area contributed by atoms with Crippen LogP contribution in [0.2, 0.25) is 0 Å². The molecule has 0 aliphatic heterocycles. The summed E-state index contributed by atoms with van der Waals surface area (Å²) in [6.07, 6.45) is 3.17. The van der Waals surface area contributed by atoms with Crippen molar-refractivity contribution in [2.75, 3.05) is 7.11 Å². The first-order valence-electron chi connectivity index (χ1n) is 4.40. The van der Waals surface area contributed by atoms with Gasteiger partial charge in [-0.2, -0.15) is 0 Å². The van der Waals surface area contributed by atoms with Crippen molar-refractivity contribution in [1.82, 2.24) is 9.97 Å². The molecule has 0 spiro atoms. The maximum atomic E-state index is 11.3. The molecule has 15 heavy (non-hydrogen) atoms. The number of hydrogen-bond acceptors (Lipinski definition) is 4. The molecule has 2 aromatic rings. The number of carbonyl (C=O) groups excluding carboxylic acids is 1. The second-order valence-corrected chi connectivity index (χ2v) is 3.04. The highest BCUT2D eigenvalue weighted by atomic mass is 16.5. The van der Waals surface area contributed by atoms with E-state index in [4.69, 9.17) is 4.42 Å². The summed E-state index contributed by atoms with van der Waals surface area (Å²) in [4.78, 5) is 18.1. The van der Waals surface area contributed by atoms with Crippen molar-refractivity contribution in [3.8, 4) is 11.5 Å². The maximum Gasteiger partial charge on any atom is 0.341 e. The number of H-pyrrole nitrogens is 1. The maximum absolute atomic E-state index is 11.3. The average Bonchev–Trinajstić information content (AvgIpc) is 2.84. The van der Waals surface area contributed by atoms with Crippen molar-refractivity contribution in [3.63, 3.8) is 0 Å². The summed E-state index contributed by atoms with van der Waals surface area (Å²) < 4.78 is 10.0. The van der Waals surface area contributed by atoms with Crippen molar-refractivity contribution in [3.05, 3.63) is 29.9 Å². The third kappa shape index (κ3) is 1.63. The Morgan fingerprint density at radius 1 is 1.60 bits per heavy atom. The fraction of sp³-hybridized carbons (Fsp3) is 0.200. The molecule has 1 N–H and O–H groups in total. The van der Waals surface area contributed by atoms with Gasteiger partial charge in [0.1, 0.15) is 17.0 Å². The van der Waals surface area contributed by atoms with Crippen LogP contribution in [-0.2, 0) is 4.74 Å². The molecule has 78 valence electrons. The number of hydrogen-bond donors (Lipinski definition) is 1. The first-order chi connectivity index (χ1) is 7.22. The number of ether oxygens (including phenoxy) is 1. The number of imidazole rings is 1. The summed E-state index contributed by atoms with van der Waals surface area (Å²) in [5.74, 6) is 0.707. The minimum atomic E-state index is -0.401. The molecule has 2 aromatic heterocycles. The summed E-state index contributed by atoms with van der Waals surface area (Å²) in [7, 11) is 1.34. The van der Waals surface area contributed by atoms with E-state index in [1.807, 2.05) is 0 Å². The molecule has 2 heterocycles. The second kappa shape index (κ2) is 3.61. The summed E-state index contributed by atoms with van der Waals surface area (Å²) in [5, 5.41) is 0. The van der Waals surface area contributed by atoms with Crippen LogP contribution in [0, 0.1) is 6.92 Å². The molecular formula is C10H10N2O3. The number of nitrogens with one attached hydrogen (secondary N) is 1. The lowest BCUT2D eigenvalue weighted by Crippen LogP contribution is -2.00. The van der Waals surface area contributed by atoms with Crippen LogP contribution >= 0.6 is 0 Å². The molecule has 0 saturated heterocycles. The Hall–Kier alpha value is -2.04. The molecule has 0 saturated carbocycles. The van der Waals surface area contributed by atoms with Crippen molar-refractivity contribution in [2.24, 2.45) is 0 Å². The first kappa shape index (κ1) is 9.51. The third-order valence-corrected chi connectivity index (χ3v) is 2.09. The predicted octanol–water partition coefficient (Wildman–Crippen LogP) is 1.76. The zero-order valence-corrected chi connectivity index (χ0v) is 8.40. The van der Waals surface area contributed by atoms with Gasteiger partial charge in [0.2, 0.25) is 0 Å². The largest absolute Gasteiger partial charge is 0.465 e. The number of aryl methyl sites for hydroxylation is 1. The molecule has 0 aliphatic rings. The number of aromatic amines is 1. The number of rotatable bonds is 2. The molecule has 5 nitrogen and oxygen atoms in total. The van der Waals surface area contributed by atoms with Gasteiger partial charge >= 0.3 is 5.97 Å². The van der Waals surface area contributed by atoms with Gasteiger partial charge in [0, 0.05) is 6.07 Å². The Kier molecular flexibility index (Phi) is 2.29. The van der Waals surface area contributed by atoms with Gasteiger partial charge in [0.05, 0.1) is 19.6 Å². The number of carbonyl (C=O) groups is 1. The normalized spacial score (nSPS) is 10.3. The van der Waals surface area contributed by atoms with Crippen LogP contribution in [0.5, 0.6) is 0 Å². The first-order valence-corrected chi connectivity index (χ1v) is 4.40. The van der Waals surface area contributed by atoms with E-state index in [2.05, 4.69) is 14.7 Å². The topological polar surface area (TPSA) is 68.1 Å². The second-order valence-electron chi connectivity index (χ2n) is 3.04. The Morgan fingerprint density at radius 3 is 3.00 bits per heavy atom. The van der Waals surface area contributed by atoms with E-state index in [0.29, 0.717) is 17.1 Å². The molecule has 0 fully saturated rings. The van der Waals surface area contributed by atoms with Gasteiger partial charge in [-0.15, -0.1) is 0 Å². The Bertz CT molecular complexity index is 471. The Morgan fingerprint density at radius 2 is 2.40 bits per heavy atom. The highest BCUT2D eigenvalue weighted by molar-refractivity contribution is 5.91. The van der Waals surface area contributed by atoms with E-state index in [0.717, 1.165) is 5.69 Å². The number of nitrogens with zero attached hydrogens (tertiary/aromatic N) is 1. The smallest absolute Gasteiger partial charge is 0.341 e. The molecule has 0 amide bonds. The highest BCUT2D eigenvalue weighted by Crippen LogP contribution is 2.23. The molecule has 2 rings (SSSR count). The number of methoxy groups -OCH3 is 1. The van der Waals surface area contributed by atoms with Gasteiger partial charge in [-0.3, -0.25) is 0 Å². The fourth-order valence-corrected chi connectivity index (χ4v) is 1.32. The third-order valence-electron chi connectivity index (χ3n) is 2.09. The molecule has 0 bridgehead atoms. The summed E-state index contributed by atoms with van der Waals surface area (Å²) in [6.45, 7) is 1.71. The Balaban J connectivity index is 2.41. The van der Waals surface area contributed by atoms with E-state index >= 15 is 0 Å². The standard InChI is InChI=1S/C10H10N2O3/c1-6-7(10(13)14-2)3-9(15-6)8-4-11-5-12-8/h3-5H,1-2H3,(H,11,12). The quantitative estimate of drug-likeness (QED) is 0.760. The fourth-order valence-electron chi connectivity index (χ4n) is 1.32. The predicted molar refractivity (Wildman–Crippen MR) is 52.4 cm³/mol. The van der Waals surface area contributed by atoms with Gasteiger partial charge < -0.3 is 14.1 Å². The molecular weight excluding hydrogens is 196 g/mol. The van der Waals surface area contributed by atoms with Gasteiger partial charge in [-0.05, 0) is 6.92 Å². The molecule has 0 radical (unpaired) electrons. The number of esters is 1. The molecule has 0 aliphatic carbocycles. The van der Waals surface area contributed by atoms with Crippen LogP contribution in [0.4, 0.5) is 0 Å². The Labute approximate surface area is 86.1 Å². The van der Waals surface area contributed by atoms with Crippen molar-refractivity contribution < 1.29 is 13.9 Å². The summed E-state index contributed by atoms with van der Waals surface area (Å²) >= 11 is 0. The van der Waals surface area contributed by atoms with Gasteiger partial charge in [0.15, 0.2) is 5.76 Å².